The molecular weight excluding hydrogens is 402 g/mol. The summed E-state index contributed by atoms with van der Waals surface area (Å²) in [4.78, 5) is 12.1. The predicted octanol–water partition coefficient (Wildman–Crippen LogP) is 6.36. The van der Waals surface area contributed by atoms with Crippen LogP contribution < -0.4 is 15.8 Å². The first kappa shape index (κ1) is 20.7. The molecule has 6 nitrogen and oxygen atoms in total. The van der Waals surface area contributed by atoms with Crippen LogP contribution >= 0.6 is 0 Å². The number of ether oxygens (including phenoxy) is 2. The topological polar surface area (TPSA) is 78.5 Å². The molecule has 2 aromatic carbocycles. The lowest BCUT2D eigenvalue weighted by molar-refractivity contribution is 0.139. The fraction of sp³-hybridized carbons (Fsp3) is 0.423. The number of benzene rings is 2. The van der Waals surface area contributed by atoms with Crippen LogP contribution in [0.25, 0.3) is 22.2 Å². The highest BCUT2D eigenvalue weighted by molar-refractivity contribution is 6.01. The van der Waals surface area contributed by atoms with Crippen LogP contribution in [0.5, 0.6) is 5.75 Å². The minimum absolute atomic E-state index is 0.176. The number of nitrogens with one attached hydrogen (secondary N) is 1. The Morgan fingerprint density at radius 3 is 2.56 bits per heavy atom. The van der Waals surface area contributed by atoms with Gasteiger partial charge in [-0.2, -0.15) is 0 Å². The maximum absolute atomic E-state index is 12.1. The summed E-state index contributed by atoms with van der Waals surface area (Å²) in [5.74, 6) is 0.864. The van der Waals surface area contributed by atoms with E-state index in [1.165, 1.54) is 6.42 Å². The van der Waals surface area contributed by atoms with E-state index < -0.39 is 6.09 Å². The molecule has 168 valence electrons. The third kappa shape index (κ3) is 3.90. The molecule has 0 aliphatic heterocycles. The molecule has 2 aliphatic carbocycles. The molecule has 0 radical (unpaired) electrons. The van der Waals surface area contributed by atoms with Gasteiger partial charge in [0.15, 0.2) is 0 Å². The Hall–Kier alpha value is -3.15. The van der Waals surface area contributed by atoms with Crippen LogP contribution in [0.2, 0.25) is 0 Å². The van der Waals surface area contributed by atoms with Crippen LogP contribution in [-0.4, -0.2) is 23.9 Å². The Morgan fingerprint density at radius 1 is 1.19 bits per heavy atom. The summed E-state index contributed by atoms with van der Waals surface area (Å²) in [7, 11) is 0. The number of hydrogen-bond acceptors (Lipinski definition) is 4. The summed E-state index contributed by atoms with van der Waals surface area (Å²) in [5, 5.41) is 3.88. The molecule has 0 bridgehead atoms. The van der Waals surface area contributed by atoms with Gasteiger partial charge >= 0.3 is 6.09 Å². The number of aromatic nitrogens is 1. The molecular formula is C26H31N3O3. The van der Waals surface area contributed by atoms with Gasteiger partial charge in [-0.1, -0.05) is 19.1 Å². The fourth-order valence-corrected chi connectivity index (χ4v) is 4.35. The Labute approximate surface area is 188 Å². The summed E-state index contributed by atoms with van der Waals surface area (Å²) in [6, 6.07) is 14.4. The van der Waals surface area contributed by atoms with E-state index in [0.717, 1.165) is 59.3 Å². The number of rotatable bonds is 7. The molecule has 0 unspecified atom stereocenters. The highest BCUT2D eigenvalue weighted by Crippen LogP contribution is 2.46. The first-order valence-electron chi connectivity index (χ1n) is 11.6. The van der Waals surface area contributed by atoms with E-state index in [1.807, 2.05) is 37.3 Å². The first-order valence-corrected chi connectivity index (χ1v) is 11.6. The van der Waals surface area contributed by atoms with Gasteiger partial charge in [-0.05, 0) is 63.3 Å². The van der Waals surface area contributed by atoms with Crippen molar-refractivity contribution in [1.82, 2.24) is 4.57 Å². The van der Waals surface area contributed by atoms with Gasteiger partial charge in [0.25, 0.3) is 0 Å². The molecule has 32 heavy (non-hydrogen) atoms. The smallest absolute Gasteiger partial charge is 0.411 e. The van der Waals surface area contributed by atoms with E-state index in [4.69, 9.17) is 15.2 Å². The highest BCUT2D eigenvalue weighted by atomic mass is 16.5. The summed E-state index contributed by atoms with van der Waals surface area (Å²) >= 11 is 0. The minimum atomic E-state index is -0.405. The van der Waals surface area contributed by atoms with E-state index in [2.05, 4.69) is 28.9 Å². The lowest BCUT2D eigenvalue weighted by atomic mass is 9.92. The summed E-state index contributed by atoms with van der Waals surface area (Å²) in [6.07, 6.45) is 5.38. The number of carbonyl (C=O) groups excluding carboxylic acids is 1. The Morgan fingerprint density at radius 2 is 1.94 bits per heavy atom. The number of nitrogens with two attached hydrogens (primary N) is 1. The van der Waals surface area contributed by atoms with Gasteiger partial charge in [0, 0.05) is 34.2 Å². The van der Waals surface area contributed by atoms with Gasteiger partial charge in [-0.15, -0.1) is 0 Å². The molecule has 0 atom stereocenters. The molecule has 3 N–H and O–H groups in total. The molecule has 1 aromatic heterocycles. The van der Waals surface area contributed by atoms with Crippen LogP contribution in [0.3, 0.4) is 0 Å². The van der Waals surface area contributed by atoms with Crippen molar-refractivity contribution in [3.8, 4) is 17.0 Å². The lowest BCUT2D eigenvalue weighted by Crippen LogP contribution is -2.18. The van der Waals surface area contributed by atoms with Gasteiger partial charge in [0.05, 0.1) is 30.1 Å². The normalized spacial score (nSPS) is 17.1. The Bertz CT molecular complexity index is 1140. The Kier molecular flexibility index (Phi) is 5.24. The molecule has 5 rings (SSSR count). The van der Waals surface area contributed by atoms with Crippen molar-refractivity contribution in [1.29, 1.82) is 0 Å². The second kappa shape index (κ2) is 8.08. The first-order chi connectivity index (χ1) is 15.5. The molecule has 2 aliphatic rings. The third-order valence-corrected chi connectivity index (χ3v) is 6.83. The Balaban J connectivity index is 1.43. The average Bonchev–Trinajstić information content (AvgIpc) is 3.42. The fourth-order valence-electron chi connectivity index (χ4n) is 4.35. The van der Waals surface area contributed by atoms with Crippen molar-refractivity contribution in [2.75, 3.05) is 24.3 Å². The third-order valence-electron chi connectivity index (χ3n) is 6.83. The molecule has 3 aromatic rings. The summed E-state index contributed by atoms with van der Waals surface area (Å²) in [6.45, 7) is 5.23. The second-order valence-electron chi connectivity index (χ2n) is 9.42. The zero-order valence-corrected chi connectivity index (χ0v) is 18.8. The predicted molar refractivity (Wildman–Crippen MR) is 128 cm³/mol. The molecule has 2 fully saturated rings. The zero-order valence-electron chi connectivity index (χ0n) is 18.8. The molecule has 0 saturated heterocycles. The number of carbonyl (C=O) groups is 1. The largest absolute Gasteiger partial charge is 0.494 e. The van der Waals surface area contributed by atoms with Crippen molar-refractivity contribution < 1.29 is 14.3 Å². The summed E-state index contributed by atoms with van der Waals surface area (Å²) < 4.78 is 13.5. The van der Waals surface area contributed by atoms with Crippen LogP contribution in [0, 0.1) is 5.41 Å². The number of nitrogen functional groups attached to an aromatic ring is 1. The molecule has 2 saturated carbocycles. The SMILES string of the molecule is CCOc1ccc2c(N)c(-c3ccc(NC(=O)OCC4(C)CC4)cc3)n(C3CCC3)c2c1. The number of hydrogen-bond donors (Lipinski definition) is 2. The number of fused-ring (bicyclic) bond motifs is 1. The highest BCUT2D eigenvalue weighted by Gasteiger charge is 2.38. The number of nitrogens with zero attached hydrogens (tertiary/aromatic N) is 1. The van der Waals surface area contributed by atoms with Crippen molar-refractivity contribution in [3.05, 3.63) is 42.5 Å². The van der Waals surface area contributed by atoms with Gasteiger partial charge in [0.1, 0.15) is 5.75 Å². The molecule has 1 heterocycles. The maximum atomic E-state index is 12.1. The van der Waals surface area contributed by atoms with Crippen molar-refractivity contribution in [2.45, 2.75) is 52.0 Å². The van der Waals surface area contributed by atoms with Crippen LogP contribution in [0.4, 0.5) is 16.2 Å². The van der Waals surface area contributed by atoms with Gasteiger partial charge in [0.2, 0.25) is 0 Å². The van der Waals surface area contributed by atoms with Crippen LogP contribution in [0.1, 0.15) is 52.0 Å². The number of anilines is 2. The van der Waals surface area contributed by atoms with E-state index >= 15 is 0 Å². The van der Waals surface area contributed by atoms with E-state index in [1.54, 1.807) is 0 Å². The van der Waals surface area contributed by atoms with E-state index in [-0.39, 0.29) is 5.41 Å². The van der Waals surface area contributed by atoms with Crippen molar-refractivity contribution >= 4 is 28.4 Å². The molecule has 1 amide bonds. The second-order valence-corrected chi connectivity index (χ2v) is 9.42. The van der Waals surface area contributed by atoms with Gasteiger partial charge < -0.3 is 19.8 Å². The van der Waals surface area contributed by atoms with Crippen molar-refractivity contribution in [3.63, 3.8) is 0 Å². The van der Waals surface area contributed by atoms with E-state index in [0.29, 0.717) is 24.9 Å². The van der Waals surface area contributed by atoms with Crippen LogP contribution in [-0.2, 0) is 4.74 Å². The molecule has 0 spiro atoms. The quantitative estimate of drug-likeness (QED) is 0.454. The summed E-state index contributed by atoms with van der Waals surface area (Å²) in [5.41, 5.74) is 11.5. The lowest BCUT2D eigenvalue weighted by Gasteiger charge is -2.30. The van der Waals surface area contributed by atoms with Gasteiger partial charge in [-0.3, -0.25) is 5.32 Å². The maximum Gasteiger partial charge on any atom is 0.411 e. The minimum Gasteiger partial charge on any atom is -0.494 e. The molecule has 6 heteroatoms. The van der Waals surface area contributed by atoms with Gasteiger partial charge in [-0.25, -0.2) is 4.79 Å². The van der Waals surface area contributed by atoms with Crippen molar-refractivity contribution in [2.24, 2.45) is 5.41 Å². The van der Waals surface area contributed by atoms with E-state index in [9.17, 15) is 4.79 Å². The zero-order chi connectivity index (χ0) is 22.3. The average molecular weight is 434 g/mol. The van der Waals surface area contributed by atoms with Crippen LogP contribution in [0.15, 0.2) is 42.5 Å². The monoisotopic (exact) mass is 433 g/mol. The number of amides is 1. The standard InChI is InChI=1S/C26H31N3O3/c1-3-31-20-11-12-21-22(15-20)29(19-5-4-6-19)24(23(21)27)17-7-9-18(10-8-17)28-25(30)32-16-26(2)13-14-26/h7-12,15,19H,3-6,13-14,16,27H2,1-2H3,(H,28,30).